The van der Waals surface area contributed by atoms with Crippen LogP contribution in [0.25, 0.3) is 0 Å². The van der Waals surface area contributed by atoms with Gasteiger partial charge in [0.1, 0.15) is 22.4 Å². The highest BCUT2D eigenvalue weighted by Crippen LogP contribution is 2.32. The average molecular weight is 343 g/mol. The predicted molar refractivity (Wildman–Crippen MR) is 85.3 cm³/mol. The van der Waals surface area contributed by atoms with Gasteiger partial charge in [0.15, 0.2) is 0 Å². The maximum atomic E-state index is 5.25. The van der Waals surface area contributed by atoms with Gasteiger partial charge in [-0.1, -0.05) is 6.92 Å². The second kappa shape index (κ2) is 7.78. The summed E-state index contributed by atoms with van der Waals surface area (Å²) in [6.07, 6.45) is 5.03. The van der Waals surface area contributed by atoms with E-state index in [4.69, 9.17) is 4.74 Å². The third-order valence-electron chi connectivity index (χ3n) is 3.63. The average Bonchev–Trinajstić information content (AvgIpc) is 2.48. The Morgan fingerprint density at radius 2 is 2.15 bits per heavy atom. The standard InChI is InChI=1S/C14H23BrN4O/c1-3-6-16-13-12(15)14(18-10-17-13)19-7-4-11(5-8-19)9-20-2/h10-11H,3-9H2,1-2H3,(H,16,17,18). The van der Waals surface area contributed by atoms with Crippen molar-refractivity contribution in [1.29, 1.82) is 0 Å². The third-order valence-corrected chi connectivity index (χ3v) is 4.36. The molecule has 1 N–H and O–H groups in total. The Kier molecular flexibility index (Phi) is 6.04. The summed E-state index contributed by atoms with van der Waals surface area (Å²) in [4.78, 5) is 11.1. The molecule has 1 fully saturated rings. The summed E-state index contributed by atoms with van der Waals surface area (Å²) in [6, 6.07) is 0. The monoisotopic (exact) mass is 342 g/mol. The van der Waals surface area contributed by atoms with Crippen molar-refractivity contribution in [2.45, 2.75) is 26.2 Å². The van der Waals surface area contributed by atoms with E-state index < -0.39 is 0 Å². The molecule has 0 spiro atoms. The van der Waals surface area contributed by atoms with Crippen molar-refractivity contribution in [2.75, 3.05) is 43.6 Å². The molecule has 112 valence electrons. The normalized spacial score (nSPS) is 16.4. The third kappa shape index (κ3) is 3.82. The molecule has 0 aliphatic carbocycles. The van der Waals surface area contributed by atoms with E-state index in [-0.39, 0.29) is 0 Å². The van der Waals surface area contributed by atoms with E-state index >= 15 is 0 Å². The first-order chi connectivity index (χ1) is 9.76. The van der Waals surface area contributed by atoms with Gasteiger partial charge in [-0.15, -0.1) is 0 Å². The van der Waals surface area contributed by atoms with Crippen LogP contribution in [0.1, 0.15) is 26.2 Å². The lowest BCUT2D eigenvalue weighted by atomic mass is 9.98. The fraction of sp³-hybridized carbons (Fsp3) is 0.714. The van der Waals surface area contributed by atoms with Crippen LogP contribution in [0.2, 0.25) is 0 Å². The van der Waals surface area contributed by atoms with Gasteiger partial charge in [0.25, 0.3) is 0 Å². The molecule has 2 heterocycles. The SMILES string of the molecule is CCCNc1ncnc(N2CCC(COC)CC2)c1Br. The van der Waals surface area contributed by atoms with Crippen molar-refractivity contribution in [3.63, 3.8) is 0 Å². The maximum Gasteiger partial charge on any atom is 0.148 e. The van der Waals surface area contributed by atoms with Crippen LogP contribution in [0.15, 0.2) is 10.8 Å². The highest BCUT2D eigenvalue weighted by atomic mass is 79.9. The number of ether oxygens (including phenoxy) is 1. The van der Waals surface area contributed by atoms with Crippen LogP contribution in [0.5, 0.6) is 0 Å². The van der Waals surface area contributed by atoms with E-state index in [1.807, 2.05) is 0 Å². The topological polar surface area (TPSA) is 50.3 Å². The van der Waals surface area contributed by atoms with E-state index in [0.29, 0.717) is 5.92 Å². The number of piperidine rings is 1. The molecule has 0 aromatic carbocycles. The molecule has 0 unspecified atom stereocenters. The molecule has 0 atom stereocenters. The quantitative estimate of drug-likeness (QED) is 0.861. The summed E-state index contributed by atoms with van der Waals surface area (Å²) in [7, 11) is 1.78. The molecular weight excluding hydrogens is 320 g/mol. The number of hydrogen-bond acceptors (Lipinski definition) is 5. The van der Waals surface area contributed by atoms with Crippen molar-refractivity contribution < 1.29 is 4.74 Å². The molecule has 1 saturated heterocycles. The molecule has 1 aromatic rings. The minimum absolute atomic E-state index is 0.676. The lowest BCUT2D eigenvalue weighted by molar-refractivity contribution is 0.139. The number of nitrogens with one attached hydrogen (secondary N) is 1. The summed E-state index contributed by atoms with van der Waals surface area (Å²) < 4.78 is 6.22. The molecular formula is C14H23BrN4O. The molecule has 2 rings (SSSR count). The zero-order valence-electron chi connectivity index (χ0n) is 12.2. The lowest BCUT2D eigenvalue weighted by Gasteiger charge is -2.33. The smallest absolute Gasteiger partial charge is 0.148 e. The molecule has 6 heteroatoms. The van der Waals surface area contributed by atoms with Crippen molar-refractivity contribution >= 4 is 27.6 Å². The first-order valence-electron chi connectivity index (χ1n) is 7.24. The number of anilines is 2. The Bertz CT molecular complexity index is 422. The van der Waals surface area contributed by atoms with E-state index in [1.54, 1.807) is 13.4 Å². The van der Waals surface area contributed by atoms with Crippen molar-refractivity contribution in [1.82, 2.24) is 9.97 Å². The van der Waals surface area contributed by atoms with Crippen LogP contribution in [-0.4, -0.2) is 43.3 Å². The number of hydrogen-bond donors (Lipinski definition) is 1. The first-order valence-corrected chi connectivity index (χ1v) is 8.03. The summed E-state index contributed by atoms with van der Waals surface area (Å²) in [6.45, 7) is 5.98. The highest BCUT2D eigenvalue weighted by Gasteiger charge is 2.22. The summed E-state index contributed by atoms with van der Waals surface area (Å²) in [5, 5.41) is 3.33. The molecule has 1 aliphatic rings. The Morgan fingerprint density at radius 1 is 1.40 bits per heavy atom. The number of methoxy groups -OCH3 is 1. The largest absolute Gasteiger partial charge is 0.384 e. The predicted octanol–water partition coefficient (Wildman–Crippen LogP) is 2.92. The summed E-state index contributed by atoms with van der Waals surface area (Å²) in [5.41, 5.74) is 0. The second-order valence-corrected chi connectivity index (χ2v) is 5.97. The maximum absolute atomic E-state index is 5.25. The first kappa shape index (κ1) is 15.5. The molecule has 1 aromatic heterocycles. The van der Waals surface area contributed by atoms with Gasteiger partial charge in [0.2, 0.25) is 0 Å². The molecule has 0 amide bonds. The zero-order valence-corrected chi connectivity index (χ0v) is 13.8. The van der Waals surface area contributed by atoms with E-state index in [9.17, 15) is 0 Å². The van der Waals surface area contributed by atoms with Crippen LogP contribution >= 0.6 is 15.9 Å². The minimum Gasteiger partial charge on any atom is -0.384 e. The molecule has 1 aliphatic heterocycles. The van der Waals surface area contributed by atoms with Gasteiger partial charge in [0, 0.05) is 33.4 Å². The Hall–Kier alpha value is -0.880. The fourth-order valence-electron chi connectivity index (χ4n) is 2.49. The van der Waals surface area contributed by atoms with Crippen molar-refractivity contribution in [3.8, 4) is 0 Å². The van der Waals surface area contributed by atoms with Crippen molar-refractivity contribution in [2.24, 2.45) is 5.92 Å². The molecule has 0 saturated carbocycles. The Balaban J connectivity index is 2.02. The van der Waals surface area contributed by atoms with Gasteiger partial charge >= 0.3 is 0 Å². The van der Waals surface area contributed by atoms with Gasteiger partial charge in [-0.2, -0.15) is 0 Å². The van der Waals surface area contributed by atoms with E-state index in [2.05, 4.69) is 43.0 Å². The molecule has 0 bridgehead atoms. The van der Waals surface area contributed by atoms with Gasteiger partial charge in [0.05, 0.1) is 0 Å². The van der Waals surface area contributed by atoms with Gasteiger partial charge in [-0.25, -0.2) is 9.97 Å². The van der Waals surface area contributed by atoms with Crippen molar-refractivity contribution in [3.05, 3.63) is 10.8 Å². The minimum atomic E-state index is 0.676. The number of nitrogens with zero attached hydrogens (tertiary/aromatic N) is 3. The van der Waals surface area contributed by atoms with Crippen LogP contribution in [0, 0.1) is 5.92 Å². The number of halogens is 1. The van der Waals surface area contributed by atoms with E-state index in [0.717, 1.165) is 61.6 Å². The fourth-order valence-corrected chi connectivity index (χ4v) is 3.09. The molecule has 20 heavy (non-hydrogen) atoms. The Morgan fingerprint density at radius 3 is 2.80 bits per heavy atom. The van der Waals surface area contributed by atoms with Gasteiger partial charge in [-0.3, -0.25) is 0 Å². The van der Waals surface area contributed by atoms with E-state index in [1.165, 1.54) is 0 Å². The van der Waals surface area contributed by atoms with Crippen LogP contribution < -0.4 is 10.2 Å². The molecule has 5 nitrogen and oxygen atoms in total. The van der Waals surface area contributed by atoms with Gasteiger partial charge < -0.3 is 15.0 Å². The highest BCUT2D eigenvalue weighted by molar-refractivity contribution is 9.10. The van der Waals surface area contributed by atoms with Crippen LogP contribution in [0.4, 0.5) is 11.6 Å². The van der Waals surface area contributed by atoms with Crippen LogP contribution in [-0.2, 0) is 4.74 Å². The Labute approximate surface area is 129 Å². The second-order valence-electron chi connectivity index (χ2n) is 5.17. The molecule has 0 radical (unpaired) electrons. The number of aromatic nitrogens is 2. The number of rotatable bonds is 6. The lowest BCUT2D eigenvalue weighted by Crippen LogP contribution is -2.35. The van der Waals surface area contributed by atoms with Crippen LogP contribution in [0.3, 0.4) is 0 Å². The zero-order chi connectivity index (χ0) is 14.4. The summed E-state index contributed by atoms with van der Waals surface area (Å²) in [5.74, 6) is 2.56. The summed E-state index contributed by atoms with van der Waals surface area (Å²) >= 11 is 3.64. The van der Waals surface area contributed by atoms with Gasteiger partial charge in [-0.05, 0) is 41.1 Å².